The number of hydrogen-bond donors (Lipinski definition) is 0. The summed E-state index contributed by atoms with van der Waals surface area (Å²) in [6, 6.07) is 10.6. The first-order valence-electron chi connectivity index (χ1n) is 11.3. The molecule has 4 rings (SSSR count). The number of carbonyl (C=O) groups excluding carboxylic acids is 2. The van der Waals surface area contributed by atoms with Crippen molar-refractivity contribution in [2.45, 2.75) is 32.0 Å². The van der Waals surface area contributed by atoms with Gasteiger partial charge in [-0.05, 0) is 38.1 Å². The fraction of sp³-hybridized carbons (Fsp3) is 0.440. The van der Waals surface area contributed by atoms with E-state index in [1.165, 1.54) is 11.0 Å². The second-order valence-electron chi connectivity index (χ2n) is 9.15. The third-order valence-electron chi connectivity index (χ3n) is 5.93. The standard InChI is InChI=1S/C25H27F3N2O5/c1-24(2)14-17-5-3-8-20(23(17)35-24)33-16-22(32)34-15-21(31)30-11-9-29(10-12-30)19-7-4-6-18(13-19)25(26,27)28/h3-8,13H,9-12,14-16H2,1-2H3. The molecule has 0 saturated carbocycles. The van der Waals surface area contributed by atoms with E-state index in [1.54, 1.807) is 17.0 Å². The van der Waals surface area contributed by atoms with Crippen molar-refractivity contribution in [3.63, 3.8) is 0 Å². The highest BCUT2D eigenvalue weighted by molar-refractivity contribution is 5.81. The monoisotopic (exact) mass is 492 g/mol. The highest BCUT2D eigenvalue weighted by atomic mass is 19.4. The molecule has 35 heavy (non-hydrogen) atoms. The first-order valence-corrected chi connectivity index (χ1v) is 11.3. The van der Waals surface area contributed by atoms with E-state index in [1.807, 2.05) is 26.0 Å². The lowest BCUT2D eigenvalue weighted by Crippen LogP contribution is -2.50. The first-order chi connectivity index (χ1) is 16.5. The Morgan fingerprint density at radius 3 is 2.46 bits per heavy atom. The smallest absolute Gasteiger partial charge is 0.416 e. The summed E-state index contributed by atoms with van der Waals surface area (Å²) in [6.07, 6.45) is -3.68. The molecular formula is C25H27F3N2O5. The van der Waals surface area contributed by atoms with Crippen LogP contribution in [0.15, 0.2) is 42.5 Å². The lowest BCUT2D eigenvalue weighted by Gasteiger charge is -2.36. The number of fused-ring (bicyclic) bond motifs is 1. The number of para-hydroxylation sites is 1. The molecule has 1 amide bonds. The topological polar surface area (TPSA) is 68.3 Å². The Kier molecular flexibility index (Phi) is 6.82. The maximum absolute atomic E-state index is 13.0. The summed E-state index contributed by atoms with van der Waals surface area (Å²) in [5.41, 5.74) is 0.397. The number of halogens is 3. The van der Waals surface area contributed by atoms with Crippen molar-refractivity contribution in [3.8, 4) is 11.5 Å². The molecule has 188 valence electrons. The number of anilines is 1. The first kappa shape index (κ1) is 24.7. The number of hydrogen-bond acceptors (Lipinski definition) is 6. The van der Waals surface area contributed by atoms with Gasteiger partial charge in [0, 0.05) is 43.9 Å². The van der Waals surface area contributed by atoms with E-state index in [2.05, 4.69) is 0 Å². The van der Waals surface area contributed by atoms with Crippen LogP contribution in [0.3, 0.4) is 0 Å². The molecule has 0 N–H and O–H groups in total. The quantitative estimate of drug-likeness (QED) is 0.573. The number of benzene rings is 2. The van der Waals surface area contributed by atoms with Crippen LogP contribution in [-0.2, 0) is 26.9 Å². The summed E-state index contributed by atoms with van der Waals surface area (Å²) >= 11 is 0. The fourth-order valence-electron chi connectivity index (χ4n) is 4.21. The summed E-state index contributed by atoms with van der Waals surface area (Å²) < 4.78 is 55.4. The van der Waals surface area contributed by atoms with Crippen LogP contribution in [0.25, 0.3) is 0 Å². The summed E-state index contributed by atoms with van der Waals surface area (Å²) in [4.78, 5) is 27.9. The van der Waals surface area contributed by atoms with Crippen LogP contribution in [0.1, 0.15) is 25.0 Å². The summed E-state index contributed by atoms with van der Waals surface area (Å²) in [5, 5.41) is 0. The van der Waals surface area contributed by atoms with Crippen molar-refractivity contribution >= 4 is 17.6 Å². The predicted molar refractivity (Wildman–Crippen MR) is 122 cm³/mol. The van der Waals surface area contributed by atoms with Crippen LogP contribution >= 0.6 is 0 Å². The van der Waals surface area contributed by atoms with Crippen LogP contribution in [-0.4, -0.2) is 61.8 Å². The van der Waals surface area contributed by atoms with Gasteiger partial charge in [0.25, 0.3) is 5.91 Å². The number of piperazine rings is 1. The van der Waals surface area contributed by atoms with Crippen molar-refractivity contribution in [1.29, 1.82) is 0 Å². The Morgan fingerprint density at radius 2 is 1.74 bits per heavy atom. The molecule has 2 aromatic rings. The molecule has 0 unspecified atom stereocenters. The highest BCUT2D eigenvalue weighted by Crippen LogP contribution is 2.41. The number of nitrogens with zero attached hydrogens (tertiary/aromatic N) is 2. The molecular weight excluding hydrogens is 465 g/mol. The van der Waals surface area contributed by atoms with Gasteiger partial charge in [-0.25, -0.2) is 4.79 Å². The van der Waals surface area contributed by atoms with Gasteiger partial charge in [-0.15, -0.1) is 0 Å². The average Bonchev–Trinajstić information content (AvgIpc) is 3.15. The summed E-state index contributed by atoms with van der Waals surface area (Å²) in [6.45, 7) is 4.52. The molecule has 0 aliphatic carbocycles. The van der Waals surface area contributed by atoms with Gasteiger partial charge >= 0.3 is 12.1 Å². The van der Waals surface area contributed by atoms with Crippen LogP contribution < -0.4 is 14.4 Å². The van der Waals surface area contributed by atoms with Gasteiger partial charge in [-0.3, -0.25) is 4.79 Å². The van der Waals surface area contributed by atoms with Gasteiger partial charge in [-0.1, -0.05) is 18.2 Å². The zero-order chi connectivity index (χ0) is 25.2. The van der Waals surface area contributed by atoms with E-state index in [9.17, 15) is 22.8 Å². The Labute approximate surface area is 201 Å². The Morgan fingerprint density at radius 1 is 1.03 bits per heavy atom. The van der Waals surface area contributed by atoms with Gasteiger partial charge in [0.2, 0.25) is 0 Å². The van der Waals surface area contributed by atoms with Crippen LogP contribution in [0.2, 0.25) is 0 Å². The molecule has 1 saturated heterocycles. The number of esters is 1. The Hall–Kier alpha value is -3.43. The van der Waals surface area contributed by atoms with Crippen molar-refractivity contribution in [3.05, 3.63) is 53.6 Å². The highest BCUT2D eigenvalue weighted by Gasteiger charge is 2.33. The molecule has 10 heteroatoms. The van der Waals surface area contributed by atoms with E-state index in [0.717, 1.165) is 24.1 Å². The Balaban J connectivity index is 1.22. The van der Waals surface area contributed by atoms with E-state index in [4.69, 9.17) is 14.2 Å². The molecule has 2 aromatic carbocycles. The molecule has 0 aromatic heterocycles. The maximum Gasteiger partial charge on any atom is 0.416 e. The van der Waals surface area contributed by atoms with E-state index in [0.29, 0.717) is 43.4 Å². The van der Waals surface area contributed by atoms with Crippen molar-refractivity contribution in [2.24, 2.45) is 0 Å². The molecule has 2 aliphatic rings. The Bertz CT molecular complexity index is 1090. The largest absolute Gasteiger partial charge is 0.483 e. The third-order valence-corrected chi connectivity index (χ3v) is 5.93. The van der Waals surface area contributed by atoms with Crippen LogP contribution in [0, 0.1) is 0 Å². The summed E-state index contributed by atoms with van der Waals surface area (Å²) in [5.74, 6) is 0.00521. The number of amides is 1. The zero-order valence-corrected chi connectivity index (χ0v) is 19.6. The number of rotatable bonds is 6. The molecule has 2 aliphatic heterocycles. The van der Waals surface area contributed by atoms with Crippen molar-refractivity contribution in [2.75, 3.05) is 44.3 Å². The normalized spacial score (nSPS) is 16.9. The third kappa shape index (κ3) is 5.98. The van der Waals surface area contributed by atoms with E-state index < -0.39 is 24.3 Å². The van der Waals surface area contributed by atoms with Crippen LogP contribution in [0.4, 0.5) is 18.9 Å². The lowest BCUT2D eigenvalue weighted by molar-refractivity contribution is -0.153. The fourth-order valence-corrected chi connectivity index (χ4v) is 4.21. The molecule has 7 nitrogen and oxygen atoms in total. The number of alkyl halides is 3. The maximum atomic E-state index is 13.0. The zero-order valence-electron chi connectivity index (χ0n) is 19.6. The molecule has 0 atom stereocenters. The van der Waals surface area contributed by atoms with Gasteiger partial charge in [0.15, 0.2) is 24.7 Å². The minimum Gasteiger partial charge on any atom is -0.483 e. The van der Waals surface area contributed by atoms with Crippen molar-refractivity contribution < 1.29 is 37.0 Å². The summed E-state index contributed by atoms with van der Waals surface area (Å²) in [7, 11) is 0. The predicted octanol–water partition coefficient (Wildman–Crippen LogP) is 3.69. The molecule has 0 spiro atoms. The van der Waals surface area contributed by atoms with E-state index in [-0.39, 0.29) is 18.1 Å². The van der Waals surface area contributed by atoms with Crippen molar-refractivity contribution in [1.82, 2.24) is 4.90 Å². The lowest BCUT2D eigenvalue weighted by atomic mass is 10.0. The average molecular weight is 492 g/mol. The second kappa shape index (κ2) is 9.67. The van der Waals surface area contributed by atoms with Crippen LogP contribution in [0.5, 0.6) is 11.5 Å². The molecule has 2 heterocycles. The van der Waals surface area contributed by atoms with E-state index >= 15 is 0 Å². The van der Waals surface area contributed by atoms with Gasteiger partial charge in [-0.2, -0.15) is 13.2 Å². The SMILES string of the molecule is CC1(C)Cc2cccc(OCC(=O)OCC(=O)N3CCN(c4cccc(C(F)(F)F)c4)CC3)c2O1. The number of carbonyl (C=O) groups is 2. The number of ether oxygens (including phenoxy) is 3. The second-order valence-corrected chi connectivity index (χ2v) is 9.15. The molecule has 1 fully saturated rings. The molecule has 0 bridgehead atoms. The minimum atomic E-state index is -4.41. The minimum absolute atomic E-state index is 0.312. The molecule has 0 radical (unpaired) electrons. The van der Waals surface area contributed by atoms with Gasteiger partial charge < -0.3 is 24.0 Å². The van der Waals surface area contributed by atoms with Gasteiger partial charge in [0.1, 0.15) is 5.60 Å². The van der Waals surface area contributed by atoms with Gasteiger partial charge in [0.05, 0.1) is 5.56 Å².